The molecule has 224 valence electrons. The van der Waals surface area contributed by atoms with Gasteiger partial charge >= 0.3 is 0 Å². The Hall–Kier alpha value is -2.82. The number of allylic oxidation sites excluding steroid dienone is 5. The Morgan fingerprint density at radius 3 is 2.20 bits per heavy atom. The minimum Gasteiger partial charge on any atom is -0.493 e. The minimum atomic E-state index is 0.0946. The number of hydrogen-bond donors (Lipinski definition) is 3. The standard InChI is InChI=1S/C26H39N3O4S2.C4H8O/c1-6-8-21(10-11-22-19-23(31-3)26(33-5)24(20-22)32-4)12-14-28-13-7-9-25(30)29-16-18-35-34-17-15-27-2;1-2-3-4-5/h6,8,10-12,14,19-20,27-28H,1,7,9,13,15-18H2,2-5H3,(H,29,30);4H,2-3H2,1H3/b11-10+,14-12-,21-8-;. The Morgan fingerprint density at radius 1 is 1.00 bits per heavy atom. The Balaban J connectivity index is 0.00000277. The molecule has 0 heterocycles. The van der Waals surface area contributed by atoms with Crippen LogP contribution in [0.1, 0.15) is 38.2 Å². The molecule has 3 N–H and O–H groups in total. The molecule has 0 bridgehead atoms. The Morgan fingerprint density at radius 2 is 1.68 bits per heavy atom. The fourth-order valence-electron chi connectivity index (χ4n) is 2.98. The van der Waals surface area contributed by atoms with E-state index < -0.39 is 0 Å². The number of unbranched alkanes of at least 4 members (excludes halogenated alkanes) is 1. The van der Waals surface area contributed by atoms with Crippen molar-refractivity contribution in [2.45, 2.75) is 32.6 Å². The smallest absolute Gasteiger partial charge is 0.220 e. The first-order valence-corrected chi connectivity index (χ1v) is 15.8. The first-order valence-electron chi connectivity index (χ1n) is 13.3. The zero-order valence-corrected chi connectivity index (χ0v) is 26.3. The molecule has 0 saturated carbocycles. The number of methoxy groups -OCH3 is 3. The first kappa shape index (κ1) is 37.2. The third-order valence-electron chi connectivity index (χ3n) is 5.02. The van der Waals surface area contributed by atoms with Crippen molar-refractivity contribution in [1.82, 2.24) is 16.0 Å². The molecule has 1 aromatic carbocycles. The van der Waals surface area contributed by atoms with Crippen LogP contribution in [0.15, 0.2) is 54.8 Å². The molecule has 8 nitrogen and oxygen atoms in total. The van der Waals surface area contributed by atoms with E-state index >= 15 is 0 Å². The highest BCUT2D eigenvalue weighted by Crippen LogP contribution is 2.38. The number of ether oxygens (including phenoxy) is 3. The zero-order valence-electron chi connectivity index (χ0n) is 24.6. The molecule has 1 aromatic rings. The average molecular weight is 594 g/mol. The van der Waals surface area contributed by atoms with Crippen LogP contribution in [0.4, 0.5) is 0 Å². The maximum atomic E-state index is 11.9. The summed E-state index contributed by atoms with van der Waals surface area (Å²) in [6.07, 6.45) is 15.3. The molecule has 0 fully saturated rings. The van der Waals surface area contributed by atoms with Crippen molar-refractivity contribution in [2.24, 2.45) is 0 Å². The number of hydrogen-bond acceptors (Lipinski definition) is 9. The normalized spacial score (nSPS) is 11.1. The molecule has 0 radical (unpaired) electrons. The summed E-state index contributed by atoms with van der Waals surface area (Å²) >= 11 is 0. The molecule has 0 aliphatic rings. The van der Waals surface area contributed by atoms with Crippen molar-refractivity contribution in [3.8, 4) is 17.2 Å². The summed E-state index contributed by atoms with van der Waals surface area (Å²) < 4.78 is 16.2. The number of carbonyl (C=O) groups excluding carboxylic acids is 2. The van der Waals surface area contributed by atoms with Crippen LogP contribution in [0, 0.1) is 0 Å². The predicted octanol–water partition coefficient (Wildman–Crippen LogP) is 5.42. The van der Waals surface area contributed by atoms with Gasteiger partial charge < -0.3 is 35.0 Å². The van der Waals surface area contributed by atoms with Crippen LogP contribution in [-0.2, 0) is 9.59 Å². The molecule has 0 unspecified atom stereocenters. The van der Waals surface area contributed by atoms with Gasteiger partial charge in [0.15, 0.2) is 11.5 Å². The van der Waals surface area contributed by atoms with E-state index in [4.69, 9.17) is 14.2 Å². The Bertz CT molecular complexity index is 911. The van der Waals surface area contributed by atoms with E-state index in [1.807, 2.05) is 67.4 Å². The molecular formula is C30H47N3O5S2. The lowest BCUT2D eigenvalue weighted by Crippen LogP contribution is -2.26. The molecule has 40 heavy (non-hydrogen) atoms. The van der Waals surface area contributed by atoms with Crippen molar-refractivity contribution >= 4 is 39.9 Å². The van der Waals surface area contributed by atoms with Crippen molar-refractivity contribution in [3.63, 3.8) is 0 Å². The van der Waals surface area contributed by atoms with Gasteiger partial charge in [-0.25, -0.2) is 0 Å². The van der Waals surface area contributed by atoms with Gasteiger partial charge in [0.25, 0.3) is 0 Å². The maximum absolute atomic E-state index is 11.9. The fraction of sp³-hybridized carbons (Fsp3) is 0.467. The Kier molecular flexibility index (Phi) is 24.5. The first-order chi connectivity index (χ1) is 19.5. The Labute approximate surface area is 248 Å². The summed E-state index contributed by atoms with van der Waals surface area (Å²) in [6, 6.07) is 3.77. The summed E-state index contributed by atoms with van der Waals surface area (Å²) in [4.78, 5) is 21.3. The number of aldehydes is 1. The van der Waals surface area contributed by atoms with Crippen LogP contribution in [0.5, 0.6) is 17.2 Å². The molecule has 10 heteroatoms. The lowest BCUT2D eigenvalue weighted by atomic mass is 10.1. The van der Waals surface area contributed by atoms with Crippen LogP contribution < -0.4 is 30.2 Å². The van der Waals surface area contributed by atoms with Crippen LogP contribution in [0.2, 0.25) is 0 Å². The minimum absolute atomic E-state index is 0.0946. The van der Waals surface area contributed by atoms with Gasteiger partial charge in [0.1, 0.15) is 6.29 Å². The SMILES string of the molecule is C=C/C=C(\C=C/NCCCC(=O)NCCSSCCNC)/C=C/c1cc(OC)c(OC)c(OC)c1.CCCC=O. The lowest BCUT2D eigenvalue weighted by molar-refractivity contribution is -0.121. The van der Waals surface area contributed by atoms with Crippen LogP contribution >= 0.6 is 21.6 Å². The van der Waals surface area contributed by atoms with E-state index in [2.05, 4.69) is 22.5 Å². The van der Waals surface area contributed by atoms with Crippen molar-refractivity contribution in [2.75, 3.05) is 59.5 Å². The van der Waals surface area contributed by atoms with Gasteiger partial charge in [-0.15, -0.1) is 0 Å². The summed E-state index contributed by atoms with van der Waals surface area (Å²) in [5.74, 6) is 3.84. The third kappa shape index (κ3) is 18.5. The van der Waals surface area contributed by atoms with Gasteiger partial charge in [0.05, 0.1) is 21.3 Å². The highest BCUT2D eigenvalue weighted by atomic mass is 33.1. The summed E-state index contributed by atoms with van der Waals surface area (Å²) in [5, 5.41) is 9.31. The van der Waals surface area contributed by atoms with Crippen LogP contribution in [0.3, 0.4) is 0 Å². The van der Waals surface area contributed by atoms with Gasteiger partial charge in [0.2, 0.25) is 11.7 Å². The largest absolute Gasteiger partial charge is 0.493 e. The number of rotatable bonds is 21. The number of nitrogens with one attached hydrogen (secondary N) is 3. The highest BCUT2D eigenvalue weighted by Gasteiger charge is 2.11. The van der Waals surface area contributed by atoms with E-state index in [0.717, 1.165) is 54.9 Å². The topological polar surface area (TPSA) is 97.9 Å². The second-order valence-corrected chi connectivity index (χ2v) is 10.8. The summed E-state index contributed by atoms with van der Waals surface area (Å²) in [6.45, 7) is 8.19. The molecule has 1 amide bonds. The molecular weight excluding hydrogens is 546 g/mol. The monoisotopic (exact) mass is 593 g/mol. The van der Waals surface area contributed by atoms with E-state index in [9.17, 15) is 9.59 Å². The maximum Gasteiger partial charge on any atom is 0.220 e. The van der Waals surface area contributed by atoms with Gasteiger partial charge in [-0.3, -0.25) is 4.79 Å². The molecule has 1 rings (SSSR count). The van der Waals surface area contributed by atoms with Crippen LogP contribution in [0.25, 0.3) is 6.08 Å². The molecule has 0 atom stereocenters. The molecule has 0 aliphatic carbocycles. The number of benzene rings is 1. The van der Waals surface area contributed by atoms with E-state index in [0.29, 0.717) is 36.6 Å². The van der Waals surface area contributed by atoms with E-state index in [-0.39, 0.29) is 5.91 Å². The quantitative estimate of drug-likeness (QED) is 0.0747. The summed E-state index contributed by atoms with van der Waals surface area (Å²) in [5.41, 5.74) is 1.88. The molecule has 0 saturated heterocycles. The van der Waals surface area contributed by atoms with Gasteiger partial charge in [-0.1, -0.05) is 59.4 Å². The van der Waals surface area contributed by atoms with Gasteiger partial charge in [-0.05, 0) is 55.4 Å². The molecule has 0 aliphatic heterocycles. The van der Waals surface area contributed by atoms with Crippen molar-refractivity contribution in [1.29, 1.82) is 0 Å². The van der Waals surface area contributed by atoms with E-state index in [1.54, 1.807) is 38.2 Å². The highest BCUT2D eigenvalue weighted by molar-refractivity contribution is 8.76. The average Bonchev–Trinajstić information content (AvgIpc) is 2.97. The van der Waals surface area contributed by atoms with Crippen molar-refractivity contribution in [3.05, 3.63) is 60.4 Å². The van der Waals surface area contributed by atoms with Crippen molar-refractivity contribution < 1.29 is 23.8 Å². The number of amides is 1. The molecule has 0 spiro atoms. The van der Waals surface area contributed by atoms with E-state index in [1.165, 1.54) is 0 Å². The second-order valence-electron chi connectivity index (χ2n) is 8.14. The predicted molar refractivity (Wildman–Crippen MR) is 173 cm³/mol. The lowest BCUT2D eigenvalue weighted by Gasteiger charge is -2.12. The molecule has 0 aromatic heterocycles. The third-order valence-corrected chi connectivity index (χ3v) is 7.43. The summed E-state index contributed by atoms with van der Waals surface area (Å²) in [7, 11) is 10.3. The van der Waals surface area contributed by atoms with Gasteiger partial charge in [0, 0.05) is 44.0 Å². The number of carbonyl (C=O) groups is 2. The second kappa shape index (κ2) is 26.4. The fourth-order valence-corrected chi connectivity index (χ4v) is 4.90. The van der Waals surface area contributed by atoms with Crippen LogP contribution in [-0.4, -0.2) is 71.7 Å². The van der Waals surface area contributed by atoms with Gasteiger partial charge in [-0.2, -0.15) is 0 Å². The zero-order chi connectivity index (χ0) is 29.8.